The van der Waals surface area contributed by atoms with E-state index >= 15 is 0 Å². The summed E-state index contributed by atoms with van der Waals surface area (Å²) in [5, 5.41) is 2.96. The van der Waals surface area contributed by atoms with Crippen LogP contribution in [0, 0.1) is 15.4 Å². The van der Waals surface area contributed by atoms with Crippen LogP contribution >= 0.6 is 22.6 Å². The minimum Gasteiger partial charge on any atom is -0.325 e. The van der Waals surface area contributed by atoms with Gasteiger partial charge in [0.1, 0.15) is 0 Å². The van der Waals surface area contributed by atoms with E-state index in [1.165, 1.54) is 0 Å². The number of benzene rings is 1. The van der Waals surface area contributed by atoms with Crippen molar-refractivity contribution in [2.45, 2.75) is 13.3 Å². The number of hydrogen-bond acceptors (Lipinski definition) is 1. The number of para-hydroxylation sites is 1. The molecular formula is C11H12INO. The first-order valence-electron chi connectivity index (χ1n) is 4.74. The van der Waals surface area contributed by atoms with Crippen molar-refractivity contribution in [3.63, 3.8) is 0 Å². The van der Waals surface area contributed by atoms with Crippen molar-refractivity contribution in [1.29, 1.82) is 0 Å². The smallest absolute Gasteiger partial charge is 0.227 e. The highest BCUT2D eigenvalue weighted by atomic mass is 127. The van der Waals surface area contributed by atoms with Gasteiger partial charge in [-0.2, -0.15) is 0 Å². The maximum absolute atomic E-state index is 11.6. The third kappa shape index (κ3) is 2.08. The van der Waals surface area contributed by atoms with Gasteiger partial charge in [0.25, 0.3) is 0 Å². The topological polar surface area (TPSA) is 29.1 Å². The molecule has 0 heterocycles. The zero-order valence-corrected chi connectivity index (χ0v) is 10.1. The van der Waals surface area contributed by atoms with E-state index in [0.717, 1.165) is 15.7 Å². The van der Waals surface area contributed by atoms with Crippen LogP contribution in [-0.2, 0) is 4.79 Å². The molecular weight excluding hydrogens is 289 g/mol. The molecule has 1 N–H and O–H groups in total. The highest BCUT2D eigenvalue weighted by molar-refractivity contribution is 14.1. The van der Waals surface area contributed by atoms with Crippen LogP contribution in [0.15, 0.2) is 24.3 Å². The van der Waals surface area contributed by atoms with Gasteiger partial charge >= 0.3 is 0 Å². The lowest BCUT2D eigenvalue weighted by molar-refractivity contribution is -0.117. The van der Waals surface area contributed by atoms with Crippen molar-refractivity contribution in [3.8, 4) is 0 Å². The monoisotopic (exact) mass is 301 g/mol. The maximum atomic E-state index is 11.6. The molecule has 1 aliphatic carbocycles. The van der Waals surface area contributed by atoms with Gasteiger partial charge in [-0.25, -0.2) is 0 Å². The third-order valence-electron chi connectivity index (χ3n) is 2.58. The highest BCUT2D eigenvalue weighted by Gasteiger charge is 2.39. The summed E-state index contributed by atoms with van der Waals surface area (Å²) >= 11 is 2.23. The lowest BCUT2D eigenvalue weighted by Crippen LogP contribution is -2.15. The minimum absolute atomic E-state index is 0.168. The predicted molar refractivity (Wildman–Crippen MR) is 65.1 cm³/mol. The van der Waals surface area contributed by atoms with Gasteiger partial charge < -0.3 is 5.32 Å². The summed E-state index contributed by atoms with van der Waals surface area (Å²) in [5.41, 5.74) is 0.928. The van der Waals surface area contributed by atoms with E-state index in [1.54, 1.807) is 0 Å². The molecule has 1 aliphatic rings. The molecule has 0 spiro atoms. The Hall–Kier alpha value is -0.580. The number of rotatable bonds is 2. The fraction of sp³-hybridized carbons (Fsp3) is 0.364. The summed E-state index contributed by atoms with van der Waals surface area (Å²) in [4.78, 5) is 11.6. The summed E-state index contributed by atoms with van der Waals surface area (Å²) in [5.74, 6) is 0.976. The Morgan fingerprint density at radius 3 is 2.71 bits per heavy atom. The van der Waals surface area contributed by atoms with Crippen molar-refractivity contribution < 1.29 is 4.79 Å². The molecule has 1 aromatic carbocycles. The van der Waals surface area contributed by atoms with Gasteiger partial charge in [0.05, 0.1) is 5.69 Å². The zero-order valence-electron chi connectivity index (χ0n) is 7.96. The van der Waals surface area contributed by atoms with E-state index in [9.17, 15) is 4.79 Å². The molecule has 1 saturated carbocycles. The molecule has 2 unspecified atom stereocenters. The first-order chi connectivity index (χ1) is 6.68. The van der Waals surface area contributed by atoms with Crippen LogP contribution in [0.2, 0.25) is 0 Å². The van der Waals surface area contributed by atoms with Gasteiger partial charge in [-0.05, 0) is 47.1 Å². The van der Waals surface area contributed by atoms with Gasteiger partial charge in [-0.15, -0.1) is 0 Å². The third-order valence-corrected chi connectivity index (χ3v) is 3.52. The summed E-state index contributed by atoms with van der Waals surface area (Å²) < 4.78 is 1.09. The van der Waals surface area contributed by atoms with E-state index in [4.69, 9.17) is 0 Å². The van der Waals surface area contributed by atoms with E-state index < -0.39 is 0 Å². The number of carbonyl (C=O) groups is 1. The van der Waals surface area contributed by atoms with Crippen LogP contribution < -0.4 is 5.32 Å². The number of nitrogens with one attached hydrogen (secondary N) is 1. The first kappa shape index (κ1) is 9.96. The van der Waals surface area contributed by atoms with Gasteiger partial charge in [0, 0.05) is 9.49 Å². The molecule has 2 atom stereocenters. The van der Waals surface area contributed by atoms with Gasteiger partial charge in [0.2, 0.25) is 5.91 Å². The van der Waals surface area contributed by atoms with Crippen LogP contribution in [-0.4, -0.2) is 5.91 Å². The van der Waals surface area contributed by atoms with Crippen LogP contribution in [0.5, 0.6) is 0 Å². The number of anilines is 1. The molecule has 3 heteroatoms. The lowest BCUT2D eigenvalue weighted by atomic mass is 10.3. The largest absolute Gasteiger partial charge is 0.325 e. The average molecular weight is 301 g/mol. The molecule has 2 rings (SSSR count). The maximum Gasteiger partial charge on any atom is 0.227 e. The summed E-state index contributed by atoms with van der Waals surface area (Å²) in [6, 6.07) is 7.84. The van der Waals surface area contributed by atoms with Crippen molar-refractivity contribution in [2.75, 3.05) is 5.32 Å². The summed E-state index contributed by atoms with van der Waals surface area (Å²) in [6.07, 6.45) is 1.04. The lowest BCUT2D eigenvalue weighted by Gasteiger charge is -2.05. The molecule has 0 aromatic heterocycles. The molecule has 2 nitrogen and oxygen atoms in total. The quantitative estimate of drug-likeness (QED) is 0.836. The van der Waals surface area contributed by atoms with Crippen LogP contribution in [0.4, 0.5) is 5.69 Å². The first-order valence-corrected chi connectivity index (χ1v) is 5.82. The molecule has 0 aliphatic heterocycles. The van der Waals surface area contributed by atoms with Crippen molar-refractivity contribution in [3.05, 3.63) is 27.8 Å². The molecule has 1 aromatic rings. The second-order valence-corrected chi connectivity index (χ2v) is 4.95. The van der Waals surface area contributed by atoms with Crippen molar-refractivity contribution in [2.24, 2.45) is 11.8 Å². The minimum atomic E-state index is 0.168. The normalized spacial score (nSPS) is 24.4. The van der Waals surface area contributed by atoms with Crippen molar-refractivity contribution in [1.82, 2.24) is 0 Å². The van der Waals surface area contributed by atoms with Crippen LogP contribution in [0.3, 0.4) is 0 Å². The second-order valence-electron chi connectivity index (χ2n) is 3.79. The number of amides is 1. The van der Waals surface area contributed by atoms with Gasteiger partial charge in [0.15, 0.2) is 0 Å². The molecule has 1 fully saturated rings. The SMILES string of the molecule is CC1CC1C(=O)Nc1ccccc1I. The van der Waals surface area contributed by atoms with Gasteiger partial charge in [-0.1, -0.05) is 19.1 Å². The second kappa shape index (κ2) is 3.88. The Morgan fingerprint density at radius 2 is 2.14 bits per heavy atom. The number of carbonyl (C=O) groups excluding carboxylic acids is 1. The predicted octanol–water partition coefficient (Wildman–Crippen LogP) is 2.89. The van der Waals surface area contributed by atoms with Crippen LogP contribution in [0.1, 0.15) is 13.3 Å². The molecule has 14 heavy (non-hydrogen) atoms. The molecule has 0 saturated heterocycles. The average Bonchev–Trinajstić information content (AvgIpc) is 2.87. The van der Waals surface area contributed by atoms with E-state index in [2.05, 4.69) is 34.8 Å². The molecule has 74 valence electrons. The molecule has 0 radical (unpaired) electrons. The number of halogens is 1. The Bertz CT molecular complexity index is 364. The Balaban J connectivity index is 2.04. The van der Waals surface area contributed by atoms with Gasteiger partial charge in [-0.3, -0.25) is 4.79 Å². The van der Waals surface area contributed by atoms with E-state index in [-0.39, 0.29) is 11.8 Å². The number of hydrogen-bond donors (Lipinski definition) is 1. The fourth-order valence-corrected chi connectivity index (χ4v) is 2.00. The fourth-order valence-electron chi connectivity index (χ4n) is 1.48. The van der Waals surface area contributed by atoms with E-state index in [1.807, 2.05) is 24.3 Å². The Labute approximate surface area is 97.2 Å². The standard InChI is InChI=1S/C11H12INO/c1-7-6-8(7)11(14)13-10-5-3-2-4-9(10)12/h2-5,7-8H,6H2,1H3,(H,13,14). The highest BCUT2D eigenvalue weighted by Crippen LogP contribution is 2.38. The summed E-state index contributed by atoms with van der Waals surface area (Å²) in [6.45, 7) is 2.11. The van der Waals surface area contributed by atoms with E-state index in [0.29, 0.717) is 5.92 Å². The summed E-state index contributed by atoms with van der Waals surface area (Å²) in [7, 11) is 0. The van der Waals surface area contributed by atoms with Crippen molar-refractivity contribution >= 4 is 34.2 Å². The molecule has 0 bridgehead atoms. The Morgan fingerprint density at radius 1 is 1.50 bits per heavy atom. The van der Waals surface area contributed by atoms with Crippen LogP contribution in [0.25, 0.3) is 0 Å². The zero-order chi connectivity index (χ0) is 10.1. The molecule has 1 amide bonds. The Kier molecular flexibility index (Phi) is 2.76.